The van der Waals surface area contributed by atoms with E-state index in [1.807, 2.05) is 0 Å². The molecule has 0 saturated heterocycles. The zero-order chi connectivity index (χ0) is 16.1. The quantitative estimate of drug-likeness (QED) is 0.563. The molecule has 6 nitrogen and oxygen atoms in total. The van der Waals surface area contributed by atoms with Crippen molar-refractivity contribution >= 4 is 11.9 Å². The van der Waals surface area contributed by atoms with E-state index in [1.54, 1.807) is 0 Å². The number of rotatable bonds is 2. The van der Waals surface area contributed by atoms with Crippen molar-refractivity contribution in [1.82, 2.24) is 0 Å². The Morgan fingerprint density at radius 1 is 0.895 bits per heavy atom. The molecule has 0 fully saturated rings. The third-order valence-electron chi connectivity index (χ3n) is 1.00. The molecule has 0 heterocycles. The second-order valence-electron chi connectivity index (χ2n) is 2.18. The van der Waals surface area contributed by atoms with Crippen LogP contribution in [0.3, 0.4) is 0 Å². The molecule has 6 heteroatoms. The Morgan fingerprint density at radius 3 is 1.16 bits per heavy atom. The van der Waals surface area contributed by atoms with Crippen LogP contribution in [-0.2, 0) is 9.59 Å². The van der Waals surface area contributed by atoms with E-state index in [1.165, 1.54) is 0 Å². The Bertz CT molecular complexity index is 251. The first kappa shape index (κ1) is 25.6. The standard InChI is InChI=1S/C5H6.2C3H4O2.2CH4O/c1-2-4-5-3-1;2*1-2-3(4)5;2*1-2/h1-4H,5H2;2*2H,1H2,(H,4,5);2*2H,1H3. The topological polar surface area (TPSA) is 115 Å². The lowest BCUT2D eigenvalue weighted by Crippen LogP contribution is -1.82. The fourth-order valence-corrected chi connectivity index (χ4v) is 0.393. The zero-order valence-electron chi connectivity index (χ0n) is 11.2. The summed E-state index contributed by atoms with van der Waals surface area (Å²) >= 11 is 0. The van der Waals surface area contributed by atoms with E-state index in [4.69, 9.17) is 20.4 Å². The van der Waals surface area contributed by atoms with Crippen LogP contribution >= 0.6 is 0 Å². The molecule has 0 aromatic rings. The number of hydrogen-bond acceptors (Lipinski definition) is 4. The lowest BCUT2D eigenvalue weighted by Gasteiger charge is -1.64. The molecule has 0 radical (unpaired) electrons. The largest absolute Gasteiger partial charge is 0.478 e. The molecule has 1 rings (SSSR count). The number of carboxylic acid groups (broad SMARTS) is 2. The van der Waals surface area contributed by atoms with Crippen LogP contribution in [0.1, 0.15) is 6.42 Å². The molecule has 4 N–H and O–H groups in total. The van der Waals surface area contributed by atoms with E-state index in [0.29, 0.717) is 0 Å². The number of aliphatic hydroxyl groups excluding tert-OH is 2. The first-order chi connectivity index (χ1) is 9.04. The van der Waals surface area contributed by atoms with Gasteiger partial charge < -0.3 is 20.4 Å². The van der Waals surface area contributed by atoms with Crippen LogP contribution in [0.15, 0.2) is 49.6 Å². The van der Waals surface area contributed by atoms with Gasteiger partial charge in [0.1, 0.15) is 0 Å². The van der Waals surface area contributed by atoms with Gasteiger partial charge in [-0.15, -0.1) is 0 Å². The molecule has 0 aliphatic heterocycles. The Labute approximate surface area is 113 Å². The molecule has 0 aromatic heterocycles. The first-order valence-corrected chi connectivity index (χ1v) is 4.96. The van der Waals surface area contributed by atoms with Crippen LogP contribution in [-0.4, -0.2) is 46.6 Å². The predicted molar refractivity (Wildman–Crippen MR) is 74.8 cm³/mol. The first-order valence-electron chi connectivity index (χ1n) is 4.96. The van der Waals surface area contributed by atoms with Gasteiger partial charge in [0.05, 0.1) is 0 Å². The van der Waals surface area contributed by atoms with Gasteiger partial charge in [0, 0.05) is 26.4 Å². The van der Waals surface area contributed by atoms with Crippen molar-refractivity contribution in [3.8, 4) is 0 Å². The SMILES string of the molecule is C1=CCC=C1.C=CC(=O)O.C=CC(=O)O.CO.CO. The summed E-state index contributed by atoms with van der Waals surface area (Å²) in [6.07, 6.45) is 11.2. The predicted octanol–water partition coefficient (Wildman–Crippen LogP) is 1.23. The number of aliphatic carboxylic acids is 2. The average molecular weight is 274 g/mol. The summed E-state index contributed by atoms with van der Waals surface area (Å²) in [6.45, 7) is 5.92. The van der Waals surface area contributed by atoms with Gasteiger partial charge in [-0.3, -0.25) is 0 Å². The van der Waals surface area contributed by atoms with Gasteiger partial charge in [-0.25, -0.2) is 9.59 Å². The van der Waals surface area contributed by atoms with Crippen molar-refractivity contribution < 1.29 is 30.0 Å². The third kappa shape index (κ3) is 65.0. The summed E-state index contributed by atoms with van der Waals surface area (Å²) in [5.41, 5.74) is 0. The maximum absolute atomic E-state index is 9.25. The summed E-state index contributed by atoms with van der Waals surface area (Å²) in [5, 5.41) is 29.2. The fraction of sp³-hybridized carbons (Fsp3) is 0.231. The molecule has 0 spiro atoms. The van der Waals surface area contributed by atoms with Gasteiger partial charge in [0.2, 0.25) is 0 Å². The summed E-state index contributed by atoms with van der Waals surface area (Å²) in [5.74, 6) is -1.96. The average Bonchev–Trinajstić information content (AvgIpc) is 3.03. The summed E-state index contributed by atoms with van der Waals surface area (Å²) in [7, 11) is 2.00. The summed E-state index contributed by atoms with van der Waals surface area (Å²) in [6, 6.07) is 0. The lowest BCUT2D eigenvalue weighted by molar-refractivity contribution is -0.132. The summed E-state index contributed by atoms with van der Waals surface area (Å²) < 4.78 is 0. The number of aliphatic hydroxyl groups is 2. The van der Waals surface area contributed by atoms with Gasteiger partial charge in [-0.05, 0) is 6.42 Å². The molecular weight excluding hydrogens is 252 g/mol. The molecular formula is C13H22O6. The van der Waals surface area contributed by atoms with Crippen molar-refractivity contribution in [3.63, 3.8) is 0 Å². The van der Waals surface area contributed by atoms with Gasteiger partial charge in [-0.2, -0.15) is 0 Å². The van der Waals surface area contributed by atoms with Crippen molar-refractivity contribution in [2.75, 3.05) is 14.2 Å². The molecule has 0 bridgehead atoms. The second kappa shape index (κ2) is 29.7. The number of carboxylic acids is 2. The maximum Gasteiger partial charge on any atom is 0.327 e. The van der Waals surface area contributed by atoms with Gasteiger partial charge in [-0.1, -0.05) is 37.5 Å². The van der Waals surface area contributed by atoms with Crippen molar-refractivity contribution in [3.05, 3.63) is 49.6 Å². The molecule has 110 valence electrons. The van der Waals surface area contributed by atoms with E-state index in [-0.39, 0.29) is 0 Å². The number of allylic oxidation sites excluding steroid dienone is 4. The molecule has 0 aromatic carbocycles. The van der Waals surface area contributed by atoms with E-state index in [2.05, 4.69) is 37.5 Å². The molecule has 0 atom stereocenters. The normalized spacial score (nSPS) is 8.63. The molecule has 1 aliphatic rings. The highest BCUT2D eigenvalue weighted by Crippen LogP contribution is 1.93. The Hall–Kier alpha value is -2.18. The number of hydrogen-bond donors (Lipinski definition) is 4. The van der Waals surface area contributed by atoms with Crippen LogP contribution in [0.2, 0.25) is 0 Å². The molecule has 0 saturated carbocycles. The minimum Gasteiger partial charge on any atom is -0.478 e. The van der Waals surface area contributed by atoms with Crippen molar-refractivity contribution in [1.29, 1.82) is 0 Å². The Kier molecular flexibility index (Phi) is 40.0. The van der Waals surface area contributed by atoms with Crippen molar-refractivity contribution in [2.45, 2.75) is 6.42 Å². The van der Waals surface area contributed by atoms with Crippen molar-refractivity contribution in [2.24, 2.45) is 0 Å². The van der Waals surface area contributed by atoms with Crippen LogP contribution < -0.4 is 0 Å². The highest BCUT2D eigenvalue weighted by molar-refractivity contribution is 5.79. The fourth-order valence-electron chi connectivity index (χ4n) is 0.393. The van der Waals surface area contributed by atoms with Gasteiger partial charge >= 0.3 is 11.9 Å². The van der Waals surface area contributed by atoms with E-state index in [0.717, 1.165) is 32.8 Å². The highest BCUT2D eigenvalue weighted by atomic mass is 16.4. The van der Waals surface area contributed by atoms with Crippen LogP contribution in [0.5, 0.6) is 0 Å². The number of carbonyl (C=O) groups is 2. The molecule has 0 amide bonds. The highest BCUT2D eigenvalue weighted by Gasteiger charge is 1.74. The molecule has 1 aliphatic carbocycles. The minimum atomic E-state index is -0.981. The molecule has 19 heavy (non-hydrogen) atoms. The van der Waals surface area contributed by atoms with Crippen LogP contribution in [0.25, 0.3) is 0 Å². The third-order valence-corrected chi connectivity index (χ3v) is 1.00. The zero-order valence-corrected chi connectivity index (χ0v) is 11.2. The Morgan fingerprint density at radius 2 is 1.11 bits per heavy atom. The second-order valence-corrected chi connectivity index (χ2v) is 2.18. The van der Waals surface area contributed by atoms with E-state index in [9.17, 15) is 9.59 Å². The van der Waals surface area contributed by atoms with E-state index < -0.39 is 11.9 Å². The minimum absolute atomic E-state index is 0.833. The van der Waals surface area contributed by atoms with Gasteiger partial charge in [0.25, 0.3) is 0 Å². The smallest absolute Gasteiger partial charge is 0.327 e. The monoisotopic (exact) mass is 274 g/mol. The molecule has 0 unspecified atom stereocenters. The van der Waals surface area contributed by atoms with E-state index >= 15 is 0 Å². The Balaban J connectivity index is -0.0000000785. The van der Waals surface area contributed by atoms with Crippen LogP contribution in [0, 0.1) is 0 Å². The van der Waals surface area contributed by atoms with Crippen LogP contribution in [0.4, 0.5) is 0 Å². The lowest BCUT2D eigenvalue weighted by atomic mass is 10.5. The summed E-state index contributed by atoms with van der Waals surface area (Å²) in [4.78, 5) is 18.5. The maximum atomic E-state index is 9.25. The van der Waals surface area contributed by atoms with Gasteiger partial charge in [0.15, 0.2) is 0 Å².